The van der Waals surface area contributed by atoms with Crippen molar-refractivity contribution >= 4 is 10.9 Å². The van der Waals surface area contributed by atoms with Gasteiger partial charge in [0.05, 0.1) is 11.2 Å². The van der Waals surface area contributed by atoms with Gasteiger partial charge in [-0.15, -0.1) is 0 Å². The predicted octanol–water partition coefficient (Wildman–Crippen LogP) is 9.87. The highest BCUT2D eigenvalue weighted by molar-refractivity contribution is 5.95. The Kier molecular flexibility index (Phi) is 5.50. The third-order valence-corrected chi connectivity index (χ3v) is 9.23. The summed E-state index contributed by atoms with van der Waals surface area (Å²) in [4.78, 5) is 10.5. The van der Waals surface area contributed by atoms with Crippen LogP contribution in [-0.4, -0.2) is 9.97 Å². The summed E-state index contributed by atoms with van der Waals surface area (Å²) in [5.41, 5.74) is 11.6. The van der Waals surface area contributed by atoms with Gasteiger partial charge in [-0.25, -0.2) is 9.97 Å². The molecular formula is C38H32N2. The smallest absolute Gasteiger partial charge is 0.160 e. The van der Waals surface area contributed by atoms with E-state index in [-0.39, 0.29) is 10.8 Å². The fourth-order valence-electron chi connectivity index (χ4n) is 6.44. The zero-order chi connectivity index (χ0) is 27.5. The first-order valence-corrected chi connectivity index (χ1v) is 14.0. The minimum Gasteiger partial charge on any atom is -0.228 e. The summed E-state index contributed by atoms with van der Waals surface area (Å²) in [5, 5.41) is 1.06. The first-order valence-electron chi connectivity index (χ1n) is 14.0. The molecule has 0 fully saturated rings. The van der Waals surface area contributed by atoms with E-state index in [9.17, 15) is 0 Å². The van der Waals surface area contributed by atoms with Crippen LogP contribution < -0.4 is 0 Å². The molecule has 1 aliphatic carbocycles. The molecule has 0 saturated carbocycles. The first-order chi connectivity index (χ1) is 19.4. The largest absolute Gasteiger partial charge is 0.228 e. The van der Waals surface area contributed by atoms with E-state index in [0.717, 1.165) is 33.5 Å². The maximum Gasteiger partial charge on any atom is 0.160 e. The molecule has 2 heteroatoms. The van der Waals surface area contributed by atoms with E-state index in [2.05, 4.69) is 149 Å². The number of nitrogens with zero attached hydrogens (tertiary/aromatic N) is 2. The minimum atomic E-state index is -0.143. The van der Waals surface area contributed by atoms with Crippen LogP contribution in [0.15, 0.2) is 121 Å². The Morgan fingerprint density at radius 1 is 0.475 bits per heavy atom. The van der Waals surface area contributed by atoms with E-state index in [1.165, 1.54) is 33.4 Å². The molecule has 0 radical (unpaired) electrons. The lowest BCUT2D eigenvalue weighted by atomic mass is 9.54. The fourth-order valence-corrected chi connectivity index (χ4v) is 6.44. The summed E-state index contributed by atoms with van der Waals surface area (Å²) in [6.45, 7) is 9.48. The van der Waals surface area contributed by atoms with Crippen LogP contribution in [0.4, 0.5) is 0 Å². The zero-order valence-corrected chi connectivity index (χ0v) is 23.4. The third kappa shape index (κ3) is 3.63. The van der Waals surface area contributed by atoms with Crippen molar-refractivity contribution in [1.82, 2.24) is 9.97 Å². The van der Waals surface area contributed by atoms with Crippen molar-refractivity contribution in [2.24, 2.45) is 0 Å². The summed E-state index contributed by atoms with van der Waals surface area (Å²) in [6.07, 6.45) is 0. The maximum absolute atomic E-state index is 5.34. The number of hydrogen-bond donors (Lipinski definition) is 0. The molecule has 0 spiro atoms. The SMILES string of the molecule is CC1(C)c2ccccc2-c2cccc(-c3nc(-c4cccc(-c5ccccc5)c4)c4ccccc4n3)c2C1(C)C. The second-order valence-electron chi connectivity index (χ2n) is 11.9. The summed E-state index contributed by atoms with van der Waals surface area (Å²) in [7, 11) is 0. The number of para-hydroxylation sites is 1. The van der Waals surface area contributed by atoms with Crippen LogP contribution in [-0.2, 0) is 10.8 Å². The number of hydrogen-bond acceptors (Lipinski definition) is 2. The van der Waals surface area contributed by atoms with Crippen LogP contribution in [0.5, 0.6) is 0 Å². The van der Waals surface area contributed by atoms with Crippen LogP contribution in [0.1, 0.15) is 38.8 Å². The Bertz CT molecular complexity index is 1900. The average molecular weight is 517 g/mol. The molecule has 0 atom stereocenters. The van der Waals surface area contributed by atoms with E-state index in [1.54, 1.807) is 0 Å². The molecule has 1 aliphatic rings. The summed E-state index contributed by atoms with van der Waals surface area (Å²) < 4.78 is 0. The molecule has 7 rings (SSSR count). The Hall–Kier alpha value is -4.56. The molecule has 0 bridgehead atoms. The lowest BCUT2D eigenvalue weighted by Crippen LogP contribution is -2.44. The third-order valence-electron chi connectivity index (χ3n) is 9.23. The molecule has 5 aromatic carbocycles. The molecule has 0 N–H and O–H groups in total. The maximum atomic E-state index is 5.34. The molecule has 0 saturated heterocycles. The topological polar surface area (TPSA) is 25.8 Å². The lowest BCUT2D eigenvalue weighted by Gasteiger charge is -2.49. The van der Waals surface area contributed by atoms with E-state index in [4.69, 9.17) is 9.97 Å². The second-order valence-corrected chi connectivity index (χ2v) is 11.9. The molecular weight excluding hydrogens is 484 g/mol. The van der Waals surface area contributed by atoms with Gasteiger partial charge >= 0.3 is 0 Å². The van der Waals surface area contributed by atoms with Crippen LogP contribution in [0, 0.1) is 0 Å². The van der Waals surface area contributed by atoms with Gasteiger partial charge in [-0.3, -0.25) is 0 Å². The van der Waals surface area contributed by atoms with Gasteiger partial charge < -0.3 is 0 Å². The molecule has 6 aromatic rings. The Morgan fingerprint density at radius 3 is 1.95 bits per heavy atom. The molecule has 2 nitrogen and oxygen atoms in total. The van der Waals surface area contributed by atoms with Gasteiger partial charge in [0.2, 0.25) is 0 Å². The molecule has 0 unspecified atom stereocenters. The van der Waals surface area contributed by atoms with Crippen molar-refractivity contribution in [2.45, 2.75) is 38.5 Å². The van der Waals surface area contributed by atoms with Gasteiger partial charge in [0, 0.05) is 21.9 Å². The van der Waals surface area contributed by atoms with Gasteiger partial charge in [-0.05, 0) is 50.9 Å². The van der Waals surface area contributed by atoms with Gasteiger partial charge in [0.15, 0.2) is 5.82 Å². The Labute approximate surface area is 236 Å². The lowest BCUT2D eigenvalue weighted by molar-refractivity contribution is 0.300. The molecule has 194 valence electrons. The van der Waals surface area contributed by atoms with Gasteiger partial charge in [-0.2, -0.15) is 0 Å². The zero-order valence-electron chi connectivity index (χ0n) is 23.4. The van der Waals surface area contributed by atoms with E-state index in [0.29, 0.717) is 0 Å². The average Bonchev–Trinajstić information content (AvgIpc) is 3.00. The van der Waals surface area contributed by atoms with E-state index >= 15 is 0 Å². The highest BCUT2D eigenvalue weighted by Gasteiger charge is 2.47. The van der Waals surface area contributed by atoms with Gasteiger partial charge in [-0.1, -0.05) is 137 Å². The van der Waals surface area contributed by atoms with Crippen molar-refractivity contribution in [2.75, 3.05) is 0 Å². The highest BCUT2D eigenvalue weighted by atomic mass is 14.9. The van der Waals surface area contributed by atoms with E-state index in [1.807, 2.05) is 0 Å². The molecule has 40 heavy (non-hydrogen) atoms. The van der Waals surface area contributed by atoms with Crippen molar-refractivity contribution in [3.05, 3.63) is 132 Å². The van der Waals surface area contributed by atoms with Crippen molar-refractivity contribution in [1.29, 1.82) is 0 Å². The normalized spacial score (nSPS) is 14.9. The van der Waals surface area contributed by atoms with E-state index < -0.39 is 0 Å². The van der Waals surface area contributed by atoms with Crippen molar-refractivity contribution < 1.29 is 0 Å². The van der Waals surface area contributed by atoms with Crippen LogP contribution in [0.2, 0.25) is 0 Å². The predicted molar refractivity (Wildman–Crippen MR) is 167 cm³/mol. The molecule has 0 amide bonds. The van der Waals surface area contributed by atoms with Crippen LogP contribution >= 0.6 is 0 Å². The number of rotatable bonds is 3. The molecule has 1 aromatic heterocycles. The summed E-state index contributed by atoms with van der Waals surface area (Å²) in [5.74, 6) is 0.777. The molecule has 0 aliphatic heterocycles. The van der Waals surface area contributed by atoms with Crippen molar-refractivity contribution in [3.8, 4) is 44.9 Å². The standard InChI is InChI=1S/C38H32N2/c1-37(2)32-22-10-8-18-28(32)29-20-13-21-31(34(29)38(37,3)4)36-39-33-23-11-9-19-30(33)35(40-36)27-17-12-16-26(24-27)25-14-6-5-7-15-25/h5-24H,1-4H3. The van der Waals surface area contributed by atoms with Crippen LogP contribution in [0.25, 0.3) is 55.8 Å². The fraction of sp³-hybridized carbons (Fsp3) is 0.158. The van der Waals surface area contributed by atoms with Gasteiger partial charge in [0.25, 0.3) is 0 Å². The van der Waals surface area contributed by atoms with Crippen LogP contribution in [0.3, 0.4) is 0 Å². The highest BCUT2D eigenvalue weighted by Crippen LogP contribution is 2.55. The molecule has 1 heterocycles. The van der Waals surface area contributed by atoms with Crippen molar-refractivity contribution in [3.63, 3.8) is 0 Å². The summed E-state index contributed by atoms with van der Waals surface area (Å²) >= 11 is 0. The Morgan fingerprint density at radius 2 is 1.10 bits per heavy atom. The summed E-state index contributed by atoms with van der Waals surface area (Å²) in [6, 6.07) is 43.1. The number of benzene rings is 5. The number of aromatic nitrogens is 2. The number of fused-ring (bicyclic) bond motifs is 4. The minimum absolute atomic E-state index is 0.0730. The monoisotopic (exact) mass is 516 g/mol. The first kappa shape index (κ1) is 24.5. The second kappa shape index (κ2) is 8.99. The van der Waals surface area contributed by atoms with Gasteiger partial charge in [0.1, 0.15) is 0 Å². The Balaban J connectivity index is 1.49. The quantitative estimate of drug-likeness (QED) is 0.234.